The van der Waals surface area contributed by atoms with Crippen LogP contribution in [0.15, 0.2) is 12.4 Å². The molecule has 1 aromatic rings. The second-order valence-corrected chi connectivity index (χ2v) is 4.28. The van der Waals surface area contributed by atoms with E-state index in [1.807, 2.05) is 0 Å². The predicted octanol–water partition coefficient (Wildman–Crippen LogP) is 0.985. The third-order valence-electron chi connectivity index (χ3n) is 2.25. The first-order chi connectivity index (χ1) is 7.22. The fourth-order valence-electron chi connectivity index (χ4n) is 1.46. The quantitative estimate of drug-likeness (QED) is 0.753. The molecule has 5 nitrogen and oxygen atoms in total. The van der Waals surface area contributed by atoms with Gasteiger partial charge in [0.15, 0.2) is 0 Å². The van der Waals surface area contributed by atoms with Crippen molar-refractivity contribution in [1.29, 1.82) is 0 Å². The van der Waals surface area contributed by atoms with Gasteiger partial charge in [-0.15, -0.1) is 0 Å². The van der Waals surface area contributed by atoms with Crippen LogP contribution in [0, 0.1) is 0 Å². The van der Waals surface area contributed by atoms with Crippen LogP contribution in [0.3, 0.4) is 0 Å². The van der Waals surface area contributed by atoms with E-state index in [0.717, 1.165) is 6.42 Å². The molecule has 2 rings (SSSR count). The average Bonchev–Trinajstić information content (AvgIpc) is 2.60. The van der Waals surface area contributed by atoms with Gasteiger partial charge in [0, 0.05) is 6.54 Å². The van der Waals surface area contributed by atoms with Gasteiger partial charge in [-0.25, -0.2) is 9.97 Å². The summed E-state index contributed by atoms with van der Waals surface area (Å²) in [4.78, 5) is 21.2. The SMILES string of the molecule is COc1ncc(N2CCC(Br)C2=O)cn1. The van der Waals surface area contributed by atoms with E-state index >= 15 is 0 Å². The Labute approximate surface area is 95.6 Å². The Hall–Kier alpha value is -1.17. The number of halogens is 1. The van der Waals surface area contributed by atoms with Crippen molar-refractivity contribution in [3.05, 3.63) is 12.4 Å². The molecule has 2 heterocycles. The van der Waals surface area contributed by atoms with Crippen molar-refractivity contribution >= 4 is 27.5 Å². The number of hydrogen-bond acceptors (Lipinski definition) is 4. The first kappa shape index (κ1) is 10.4. The van der Waals surface area contributed by atoms with Gasteiger partial charge in [-0.05, 0) is 6.42 Å². The molecule has 0 radical (unpaired) electrons. The molecule has 0 bridgehead atoms. The molecule has 80 valence electrons. The Morgan fingerprint density at radius 3 is 2.67 bits per heavy atom. The van der Waals surface area contributed by atoms with E-state index in [4.69, 9.17) is 4.74 Å². The maximum Gasteiger partial charge on any atom is 0.316 e. The van der Waals surface area contributed by atoms with Crippen molar-refractivity contribution in [2.24, 2.45) is 0 Å². The van der Waals surface area contributed by atoms with Gasteiger partial charge in [0.1, 0.15) is 0 Å². The Balaban J connectivity index is 2.19. The Kier molecular flexibility index (Phi) is 2.86. The summed E-state index contributed by atoms with van der Waals surface area (Å²) in [5.74, 6) is 0.0590. The minimum atomic E-state index is -0.0837. The van der Waals surface area contributed by atoms with Crippen LogP contribution in [-0.2, 0) is 4.79 Å². The highest BCUT2D eigenvalue weighted by Crippen LogP contribution is 2.24. The van der Waals surface area contributed by atoms with Crippen LogP contribution in [0.4, 0.5) is 5.69 Å². The Bertz CT molecular complexity index is 368. The minimum Gasteiger partial charge on any atom is -0.467 e. The number of ether oxygens (including phenoxy) is 1. The Morgan fingerprint density at radius 2 is 2.20 bits per heavy atom. The lowest BCUT2D eigenvalue weighted by molar-refractivity contribution is -0.116. The fraction of sp³-hybridized carbons (Fsp3) is 0.444. The summed E-state index contributed by atoms with van der Waals surface area (Å²) >= 11 is 3.31. The summed E-state index contributed by atoms with van der Waals surface area (Å²) in [5.41, 5.74) is 0.711. The normalized spacial score (nSPS) is 20.8. The van der Waals surface area contributed by atoms with Crippen molar-refractivity contribution in [2.45, 2.75) is 11.2 Å². The van der Waals surface area contributed by atoms with Crippen molar-refractivity contribution in [3.63, 3.8) is 0 Å². The van der Waals surface area contributed by atoms with E-state index in [9.17, 15) is 4.79 Å². The van der Waals surface area contributed by atoms with E-state index in [1.54, 1.807) is 17.3 Å². The van der Waals surface area contributed by atoms with Crippen molar-refractivity contribution in [1.82, 2.24) is 9.97 Å². The van der Waals surface area contributed by atoms with Crippen LogP contribution in [0.1, 0.15) is 6.42 Å². The number of amides is 1. The molecule has 0 aromatic carbocycles. The highest BCUT2D eigenvalue weighted by Gasteiger charge is 2.30. The van der Waals surface area contributed by atoms with Gasteiger partial charge in [0.2, 0.25) is 5.91 Å². The molecule has 6 heteroatoms. The number of carbonyl (C=O) groups excluding carboxylic acids is 1. The molecular formula is C9H10BrN3O2. The van der Waals surface area contributed by atoms with E-state index < -0.39 is 0 Å². The monoisotopic (exact) mass is 271 g/mol. The molecule has 1 aromatic heterocycles. The van der Waals surface area contributed by atoms with E-state index in [0.29, 0.717) is 18.2 Å². The zero-order valence-corrected chi connectivity index (χ0v) is 9.77. The van der Waals surface area contributed by atoms with Crippen LogP contribution < -0.4 is 9.64 Å². The predicted molar refractivity (Wildman–Crippen MR) is 58.3 cm³/mol. The highest BCUT2D eigenvalue weighted by atomic mass is 79.9. The number of methoxy groups -OCH3 is 1. The van der Waals surface area contributed by atoms with Crippen LogP contribution in [0.25, 0.3) is 0 Å². The van der Waals surface area contributed by atoms with Gasteiger partial charge < -0.3 is 9.64 Å². The maximum atomic E-state index is 11.7. The first-order valence-electron chi connectivity index (χ1n) is 4.54. The van der Waals surface area contributed by atoms with Gasteiger partial charge in [-0.2, -0.15) is 0 Å². The van der Waals surface area contributed by atoms with Crippen molar-refractivity contribution in [3.8, 4) is 6.01 Å². The number of anilines is 1. The summed E-state index contributed by atoms with van der Waals surface area (Å²) in [6.45, 7) is 0.699. The largest absolute Gasteiger partial charge is 0.467 e. The van der Waals surface area contributed by atoms with E-state index in [1.165, 1.54) is 7.11 Å². The molecule has 1 unspecified atom stereocenters. The lowest BCUT2D eigenvalue weighted by Gasteiger charge is -2.14. The summed E-state index contributed by atoms with van der Waals surface area (Å²) in [7, 11) is 1.50. The zero-order chi connectivity index (χ0) is 10.8. The van der Waals surface area contributed by atoms with Crippen LogP contribution >= 0.6 is 15.9 Å². The number of aromatic nitrogens is 2. The molecule has 15 heavy (non-hydrogen) atoms. The molecule has 1 aliphatic rings. The molecule has 0 saturated carbocycles. The third kappa shape index (κ3) is 1.94. The second kappa shape index (κ2) is 4.14. The number of hydrogen-bond donors (Lipinski definition) is 0. The summed E-state index contributed by atoms with van der Waals surface area (Å²) in [5, 5.41) is 0. The maximum absolute atomic E-state index is 11.7. The molecule has 1 amide bonds. The lowest BCUT2D eigenvalue weighted by Crippen LogP contribution is -2.27. The molecule has 0 aliphatic carbocycles. The summed E-state index contributed by atoms with van der Waals surface area (Å²) in [6, 6.07) is 0.306. The third-order valence-corrected chi connectivity index (χ3v) is 3.10. The number of carbonyl (C=O) groups is 1. The zero-order valence-electron chi connectivity index (χ0n) is 8.18. The first-order valence-corrected chi connectivity index (χ1v) is 5.45. The molecule has 0 spiro atoms. The summed E-state index contributed by atoms with van der Waals surface area (Å²) in [6.07, 6.45) is 3.99. The molecule has 1 aliphatic heterocycles. The highest BCUT2D eigenvalue weighted by molar-refractivity contribution is 9.10. The molecule has 0 N–H and O–H groups in total. The van der Waals surface area contributed by atoms with Crippen LogP contribution in [0.2, 0.25) is 0 Å². The second-order valence-electron chi connectivity index (χ2n) is 3.17. The van der Waals surface area contributed by atoms with Gasteiger partial charge in [-0.1, -0.05) is 15.9 Å². The van der Waals surface area contributed by atoms with E-state index in [2.05, 4.69) is 25.9 Å². The molecule has 1 saturated heterocycles. The number of alkyl halides is 1. The minimum absolute atomic E-state index is 0.0590. The van der Waals surface area contributed by atoms with Gasteiger partial charge in [0.25, 0.3) is 0 Å². The topological polar surface area (TPSA) is 55.3 Å². The smallest absolute Gasteiger partial charge is 0.316 e. The number of nitrogens with zero attached hydrogens (tertiary/aromatic N) is 3. The summed E-state index contributed by atoms with van der Waals surface area (Å²) < 4.78 is 4.84. The Morgan fingerprint density at radius 1 is 1.53 bits per heavy atom. The molecular weight excluding hydrogens is 262 g/mol. The van der Waals surface area contributed by atoms with Crippen LogP contribution in [-0.4, -0.2) is 34.4 Å². The molecule has 1 atom stereocenters. The molecule has 1 fully saturated rings. The standard InChI is InChI=1S/C9H10BrN3O2/c1-15-9-11-4-6(5-12-9)13-3-2-7(10)8(13)14/h4-5,7H,2-3H2,1H3. The van der Waals surface area contributed by atoms with E-state index in [-0.39, 0.29) is 10.7 Å². The lowest BCUT2D eigenvalue weighted by atomic mass is 10.4. The van der Waals surface area contributed by atoms with Crippen molar-refractivity contribution < 1.29 is 9.53 Å². The average molecular weight is 272 g/mol. The fourth-order valence-corrected chi connectivity index (χ4v) is 1.91. The number of rotatable bonds is 2. The van der Waals surface area contributed by atoms with Crippen molar-refractivity contribution in [2.75, 3.05) is 18.6 Å². The van der Waals surface area contributed by atoms with Crippen LogP contribution in [0.5, 0.6) is 6.01 Å². The van der Waals surface area contributed by atoms with Gasteiger partial charge >= 0.3 is 6.01 Å². The van der Waals surface area contributed by atoms with Gasteiger partial charge in [-0.3, -0.25) is 4.79 Å². The van der Waals surface area contributed by atoms with Gasteiger partial charge in [0.05, 0.1) is 30.0 Å².